The van der Waals surface area contributed by atoms with Crippen LogP contribution in [-0.4, -0.2) is 43.0 Å². The van der Waals surface area contributed by atoms with Crippen LogP contribution in [0.2, 0.25) is 0 Å². The van der Waals surface area contributed by atoms with Crippen molar-refractivity contribution in [3.05, 3.63) is 21.9 Å². The molecule has 1 fully saturated rings. The summed E-state index contributed by atoms with van der Waals surface area (Å²) in [6.07, 6.45) is 3.27. The van der Waals surface area contributed by atoms with E-state index in [1.54, 1.807) is 0 Å². The topological polar surface area (TPSA) is 58.4 Å². The summed E-state index contributed by atoms with van der Waals surface area (Å²) >= 11 is 1.49. The number of carbonyl (C=O) groups is 1. The highest BCUT2D eigenvalue weighted by Crippen LogP contribution is 2.15. The summed E-state index contributed by atoms with van der Waals surface area (Å²) in [6.45, 7) is 5.87. The second-order valence-electron chi connectivity index (χ2n) is 5.29. The molecule has 21 heavy (non-hydrogen) atoms. The second-order valence-corrected chi connectivity index (χ2v) is 6.21. The first-order valence-electron chi connectivity index (χ1n) is 7.53. The number of piperidine rings is 1. The predicted octanol–water partition coefficient (Wildman–Crippen LogP) is 1.66. The van der Waals surface area contributed by atoms with Crippen molar-refractivity contribution in [2.24, 2.45) is 5.73 Å². The fraction of sp³-hybridized carbons (Fsp3) is 0.562. The number of rotatable bonds is 4. The highest BCUT2D eigenvalue weighted by Gasteiger charge is 2.20. The summed E-state index contributed by atoms with van der Waals surface area (Å²) in [6, 6.07) is 2.14. The number of amides is 1. The van der Waals surface area contributed by atoms with Gasteiger partial charge in [-0.15, -0.1) is 11.3 Å². The third-order valence-electron chi connectivity index (χ3n) is 3.64. The number of hydrogen-bond donors (Lipinski definition) is 2. The molecule has 1 aromatic heterocycles. The SMILES string of the molecule is CCCN1CCC(NC(=O)c2csc(C#CCN)c2)CC1. The van der Waals surface area contributed by atoms with Gasteiger partial charge in [0.2, 0.25) is 0 Å². The van der Waals surface area contributed by atoms with E-state index < -0.39 is 0 Å². The van der Waals surface area contributed by atoms with Crippen LogP contribution in [0.15, 0.2) is 11.4 Å². The lowest BCUT2D eigenvalue weighted by Gasteiger charge is -2.32. The number of likely N-dealkylation sites (tertiary alicyclic amines) is 1. The Labute approximate surface area is 130 Å². The van der Waals surface area contributed by atoms with Gasteiger partial charge in [0.25, 0.3) is 5.91 Å². The van der Waals surface area contributed by atoms with E-state index in [2.05, 4.69) is 29.0 Å². The van der Waals surface area contributed by atoms with E-state index in [-0.39, 0.29) is 5.91 Å². The molecule has 0 radical (unpaired) electrons. The second kappa shape index (κ2) is 8.18. The fourth-order valence-electron chi connectivity index (χ4n) is 2.54. The molecule has 3 N–H and O–H groups in total. The van der Waals surface area contributed by atoms with Crippen LogP contribution >= 0.6 is 11.3 Å². The molecule has 0 unspecified atom stereocenters. The Kier molecular flexibility index (Phi) is 6.24. The maximum atomic E-state index is 12.2. The molecule has 0 bridgehead atoms. The summed E-state index contributed by atoms with van der Waals surface area (Å²) in [5.41, 5.74) is 6.05. The van der Waals surface area contributed by atoms with Crippen molar-refractivity contribution < 1.29 is 4.79 Å². The molecule has 4 nitrogen and oxygen atoms in total. The largest absolute Gasteiger partial charge is 0.349 e. The Bertz CT molecular complexity index is 521. The number of hydrogen-bond acceptors (Lipinski definition) is 4. The van der Waals surface area contributed by atoms with Crippen LogP contribution in [0.25, 0.3) is 0 Å². The lowest BCUT2D eigenvalue weighted by Crippen LogP contribution is -2.44. The van der Waals surface area contributed by atoms with Crippen molar-refractivity contribution in [2.45, 2.75) is 32.2 Å². The van der Waals surface area contributed by atoms with Gasteiger partial charge in [-0.05, 0) is 31.9 Å². The Balaban J connectivity index is 1.83. The normalized spacial score (nSPS) is 16.3. The Morgan fingerprint density at radius 3 is 2.95 bits per heavy atom. The van der Waals surface area contributed by atoms with E-state index >= 15 is 0 Å². The minimum Gasteiger partial charge on any atom is -0.349 e. The number of carbonyl (C=O) groups excluding carboxylic acids is 1. The van der Waals surface area contributed by atoms with E-state index in [1.807, 2.05) is 11.4 Å². The van der Waals surface area contributed by atoms with Gasteiger partial charge >= 0.3 is 0 Å². The first-order chi connectivity index (χ1) is 10.2. The standard InChI is InChI=1S/C16H23N3OS/c1-2-8-19-9-5-14(6-10-19)18-16(20)13-11-15(21-12-13)4-3-7-17/h11-12,14H,2,5-10,17H2,1H3,(H,18,20). The van der Waals surface area contributed by atoms with Gasteiger partial charge in [0.05, 0.1) is 17.0 Å². The summed E-state index contributed by atoms with van der Waals surface area (Å²) < 4.78 is 0. The predicted molar refractivity (Wildman–Crippen MR) is 87.5 cm³/mol. The van der Waals surface area contributed by atoms with Gasteiger partial charge in [0.1, 0.15) is 0 Å². The van der Waals surface area contributed by atoms with Crippen LogP contribution in [-0.2, 0) is 0 Å². The highest BCUT2D eigenvalue weighted by atomic mass is 32.1. The Morgan fingerprint density at radius 1 is 1.52 bits per heavy atom. The molecular formula is C16H23N3OS. The molecule has 0 aliphatic carbocycles. The van der Waals surface area contributed by atoms with Gasteiger partial charge < -0.3 is 16.0 Å². The van der Waals surface area contributed by atoms with E-state index in [0.717, 1.165) is 37.4 Å². The van der Waals surface area contributed by atoms with Crippen molar-refractivity contribution >= 4 is 17.2 Å². The van der Waals surface area contributed by atoms with Gasteiger partial charge in [-0.25, -0.2) is 0 Å². The van der Waals surface area contributed by atoms with Gasteiger partial charge in [-0.3, -0.25) is 4.79 Å². The van der Waals surface area contributed by atoms with Crippen LogP contribution in [0, 0.1) is 11.8 Å². The van der Waals surface area contributed by atoms with Crippen LogP contribution in [0.3, 0.4) is 0 Å². The minimum absolute atomic E-state index is 0.0148. The van der Waals surface area contributed by atoms with Crippen LogP contribution in [0.5, 0.6) is 0 Å². The number of nitrogens with two attached hydrogens (primary N) is 1. The monoisotopic (exact) mass is 305 g/mol. The molecule has 1 aliphatic heterocycles. The fourth-order valence-corrected chi connectivity index (χ4v) is 3.30. The Morgan fingerprint density at radius 2 is 2.29 bits per heavy atom. The van der Waals surface area contributed by atoms with Gasteiger partial charge in [-0.1, -0.05) is 18.8 Å². The molecule has 1 amide bonds. The Hall–Kier alpha value is -1.35. The first kappa shape index (κ1) is 16.0. The summed E-state index contributed by atoms with van der Waals surface area (Å²) in [7, 11) is 0. The molecule has 1 aromatic rings. The lowest BCUT2D eigenvalue weighted by molar-refractivity contribution is 0.0911. The van der Waals surface area contributed by atoms with E-state index in [4.69, 9.17) is 5.73 Å². The van der Waals surface area contributed by atoms with Gasteiger partial charge in [0.15, 0.2) is 0 Å². The highest BCUT2D eigenvalue weighted by molar-refractivity contribution is 7.10. The zero-order valence-electron chi connectivity index (χ0n) is 12.5. The van der Waals surface area contributed by atoms with E-state index in [9.17, 15) is 4.79 Å². The molecule has 1 saturated heterocycles. The summed E-state index contributed by atoms with van der Waals surface area (Å²) in [4.78, 5) is 15.6. The molecule has 0 atom stereocenters. The summed E-state index contributed by atoms with van der Waals surface area (Å²) in [5, 5.41) is 5.00. The molecule has 5 heteroatoms. The number of nitrogens with zero attached hydrogens (tertiary/aromatic N) is 1. The summed E-state index contributed by atoms with van der Waals surface area (Å²) in [5.74, 6) is 5.78. The maximum absolute atomic E-state index is 12.2. The molecule has 1 aliphatic rings. The smallest absolute Gasteiger partial charge is 0.252 e. The molecule has 114 valence electrons. The maximum Gasteiger partial charge on any atom is 0.252 e. The molecule has 0 aromatic carbocycles. The van der Waals surface area contributed by atoms with Crippen molar-refractivity contribution in [1.29, 1.82) is 0 Å². The average Bonchev–Trinajstić information content (AvgIpc) is 2.96. The first-order valence-corrected chi connectivity index (χ1v) is 8.41. The third kappa shape index (κ3) is 4.85. The number of nitrogens with one attached hydrogen (secondary N) is 1. The zero-order valence-corrected chi connectivity index (χ0v) is 13.3. The van der Waals surface area contributed by atoms with Crippen LogP contribution < -0.4 is 11.1 Å². The van der Waals surface area contributed by atoms with Crippen LogP contribution in [0.1, 0.15) is 41.4 Å². The minimum atomic E-state index is 0.0148. The van der Waals surface area contributed by atoms with Gasteiger partial charge in [0, 0.05) is 24.5 Å². The lowest BCUT2D eigenvalue weighted by atomic mass is 10.0. The average molecular weight is 305 g/mol. The van der Waals surface area contributed by atoms with Crippen molar-refractivity contribution in [3.8, 4) is 11.8 Å². The quantitative estimate of drug-likeness (QED) is 0.832. The molecular weight excluding hydrogens is 282 g/mol. The van der Waals surface area contributed by atoms with Crippen LogP contribution in [0.4, 0.5) is 0 Å². The molecule has 0 saturated carbocycles. The van der Waals surface area contributed by atoms with Crippen molar-refractivity contribution in [2.75, 3.05) is 26.2 Å². The van der Waals surface area contributed by atoms with Crippen molar-refractivity contribution in [1.82, 2.24) is 10.2 Å². The van der Waals surface area contributed by atoms with Gasteiger partial charge in [-0.2, -0.15) is 0 Å². The van der Waals surface area contributed by atoms with E-state index in [1.165, 1.54) is 17.8 Å². The third-order valence-corrected chi connectivity index (χ3v) is 4.48. The number of thiophene rings is 1. The van der Waals surface area contributed by atoms with Crippen molar-refractivity contribution in [3.63, 3.8) is 0 Å². The van der Waals surface area contributed by atoms with E-state index in [0.29, 0.717) is 18.2 Å². The molecule has 2 heterocycles. The molecule has 2 rings (SSSR count). The molecule has 0 spiro atoms. The zero-order chi connectivity index (χ0) is 15.1.